The second-order valence-electron chi connectivity index (χ2n) is 7.37. The summed E-state index contributed by atoms with van der Waals surface area (Å²) in [5.74, 6) is 0.358. The van der Waals surface area contributed by atoms with Gasteiger partial charge >= 0.3 is 12.2 Å². The SMILES string of the molecule is CC(C)(C)OC(=O)NC[C@@H]1OC(=O)O[C@H]1CNc1ccc2c(c1)NC(=O)CO2. The summed E-state index contributed by atoms with van der Waals surface area (Å²) in [6.45, 7) is 5.56. The van der Waals surface area contributed by atoms with E-state index in [0.717, 1.165) is 0 Å². The third kappa shape index (κ3) is 5.18. The minimum atomic E-state index is -0.797. The van der Waals surface area contributed by atoms with E-state index in [1.807, 2.05) is 0 Å². The van der Waals surface area contributed by atoms with Gasteiger partial charge in [-0.1, -0.05) is 0 Å². The molecule has 1 aromatic carbocycles. The number of hydrogen-bond acceptors (Lipinski definition) is 8. The van der Waals surface area contributed by atoms with Crippen molar-refractivity contribution in [1.29, 1.82) is 0 Å². The van der Waals surface area contributed by atoms with Crippen molar-refractivity contribution in [2.45, 2.75) is 38.6 Å². The summed E-state index contributed by atoms with van der Waals surface area (Å²) in [6, 6.07) is 5.23. The Balaban J connectivity index is 1.54. The van der Waals surface area contributed by atoms with Crippen LogP contribution in [0, 0.1) is 0 Å². The van der Waals surface area contributed by atoms with Crippen molar-refractivity contribution in [1.82, 2.24) is 5.32 Å². The number of cyclic esters (lactones) is 2. The first kappa shape index (κ1) is 19.6. The van der Waals surface area contributed by atoms with E-state index >= 15 is 0 Å². The number of hydrogen-bond donors (Lipinski definition) is 3. The molecule has 2 aliphatic rings. The quantitative estimate of drug-likeness (QED) is 0.648. The molecule has 2 heterocycles. The molecule has 0 saturated carbocycles. The zero-order chi connectivity index (χ0) is 20.3. The number of fused-ring (bicyclic) bond motifs is 1. The van der Waals surface area contributed by atoms with Crippen molar-refractivity contribution in [3.63, 3.8) is 0 Å². The molecule has 2 amide bonds. The van der Waals surface area contributed by atoms with E-state index in [4.69, 9.17) is 18.9 Å². The minimum Gasteiger partial charge on any atom is -0.482 e. The van der Waals surface area contributed by atoms with E-state index < -0.39 is 30.1 Å². The fourth-order valence-corrected chi connectivity index (χ4v) is 2.68. The van der Waals surface area contributed by atoms with Crippen LogP contribution >= 0.6 is 0 Å². The number of ether oxygens (including phenoxy) is 4. The normalized spacial score (nSPS) is 20.8. The summed E-state index contributed by atoms with van der Waals surface area (Å²) >= 11 is 0. The summed E-state index contributed by atoms with van der Waals surface area (Å²) in [5, 5.41) is 8.41. The van der Waals surface area contributed by atoms with Gasteiger partial charge in [-0.05, 0) is 39.0 Å². The van der Waals surface area contributed by atoms with Gasteiger partial charge in [-0.15, -0.1) is 0 Å². The molecule has 0 radical (unpaired) electrons. The molecule has 10 heteroatoms. The maximum absolute atomic E-state index is 11.8. The Labute approximate surface area is 161 Å². The first-order valence-corrected chi connectivity index (χ1v) is 8.84. The minimum absolute atomic E-state index is 0.0124. The molecule has 0 spiro atoms. The number of carbonyl (C=O) groups is 3. The van der Waals surface area contributed by atoms with Gasteiger partial charge in [0, 0.05) is 5.69 Å². The van der Waals surface area contributed by atoms with Crippen molar-refractivity contribution in [2.75, 3.05) is 30.3 Å². The van der Waals surface area contributed by atoms with Crippen LogP contribution in [-0.4, -0.2) is 55.7 Å². The first-order chi connectivity index (χ1) is 13.2. The summed E-state index contributed by atoms with van der Waals surface area (Å²) < 4.78 is 20.7. The molecule has 2 atom stereocenters. The highest BCUT2D eigenvalue weighted by atomic mass is 16.8. The molecule has 0 aromatic heterocycles. The third-order valence-corrected chi connectivity index (χ3v) is 3.88. The van der Waals surface area contributed by atoms with Gasteiger partial charge in [0.15, 0.2) is 18.8 Å². The smallest absolute Gasteiger partial charge is 0.482 e. The lowest BCUT2D eigenvalue weighted by atomic mass is 10.2. The molecule has 0 bridgehead atoms. The van der Waals surface area contributed by atoms with E-state index in [-0.39, 0.29) is 25.6 Å². The van der Waals surface area contributed by atoms with Gasteiger partial charge < -0.3 is 34.9 Å². The van der Waals surface area contributed by atoms with Gasteiger partial charge in [0.25, 0.3) is 5.91 Å². The molecule has 1 aromatic rings. The molecule has 28 heavy (non-hydrogen) atoms. The molecule has 3 rings (SSSR count). The molecule has 10 nitrogen and oxygen atoms in total. The Kier molecular flexibility index (Phi) is 5.48. The van der Waals surface area contributed by atoms with E-state index in [9.17, 15) is 14.4 Å². The molecule has 2 aliphatic heterocycles. The van der Waals surface area contributed by atoms with Crippen molar-refractivity contribution >= 4 is 29.5 Å². The number of rotatable bonds is 5. The van der Waals surface area contributed by atoms with Crippen LogP contribution in [0.25, 0.3) is 0 Å². The van der Waals surface area contributed by atoms with Crippen molar-refractivity contribution < 1.29 is 33.3 Å². The number of carbonyl (C=O) groups excluding carboxylic acids is 3. The van der Waals surface area contributed by atoms with Crippen LogP contribution in [0.4, 0.5) is 21.0 Å². The molecular formula is C18H23N3O7. The number of benzene rings is 1. The summed E-state index contributed by atoms with van der Waals surface area (Å²) in [4.78, 5) is 34.7. The standard InChI is InChI=1S/C18H23N3O7/c1-18(2,3)28-16(23)20-8-14-13(26-17(24)27-14)7-19-10-4-5-12-11(6-10)21-15(22)9-25-12/h4-6,13-14,19H,7-9H2,1-3H3,(H,20,23)(H,21,22)/t13-,14-/m0/s1. The fraction of sp³-hybridized carbons (Fsp3) is 0.500. The van der Waals surface area contributed by atoms with E-state index in [0.29, 0.717) is 17.1 Å². The topological polar surface area (TPSA) is 124 Å². The average molecular weight is 393 g/mol. The molecule has 1 fully saturated rings. The monoisotopic (exact) mass is 393 g/mol. The van der Waals surface area contributed by atoms with Crippen LogP contribution in [0.5, 0.6) is 5.75 Å². The second-order valence-corrected chi connectivity index (χ2v) is 7.37. The Morgan fingerprint density at radius 3 is 2.64 bits per heavy atom. The molecule has 3 N–H and O–H groups in total. The van der Waals surface area contributed by atoms with Crippen LogP contribution in [-0.2, 0) is 19.0 Å². The predicted octanol–water partition coefficient (Wildman–Crippen LogP) is 1.86. The highest BCUT2D eigenvalue weighted by Gasteiger charge is 2.37. The number of anilines is 2. The van der Waals surface area contributed by atoms with Gasteiger partial charge in [0.05, 0.1) is 18.8 Å². The highest BCUT2D eigenvalue weighted by Crippen LogP contribution is 2.30. The van der Waals surface area contributed by atoms with Crippen LogP contribution in [0.15, 0.2) is 18.2 Å². The van der Waals surface area contributed by atoms with Crippen molar-refractivity contribution in [2.24, 2.45) is 0 Å². The van der Waals surface area contributed by atoms with Crippen LogP contribution in [0.2, 0.25) is 0 Å². The number of amides is 2. The Hall–Kier alpha value is -3.17. The van der Waals surface area contributed by atoms with E-state index in [1.165, 1.54) is 0 Å². The van der Waals surface area contributed by atoms with Gasteiger partial charge in [-0.3, -0.25) is 4.79 Å². The van der Waals surface area contributed by atoms with Gasteiger partial charge in [-0.25, -0.2) is 9.59 Å². The third-order valence-electron chi connectivity index (χ3n) is 3.88. The highest BCUT2D eigenvalue weighted by molar-refractivity contribution is 5.96. The fourth-order valence-electron chi connectivity index (χ4n) is 2.68. The van der Waals surface area contributed by atoms with Gasteiger partial charge in [0.2, 0.25) is 0 Å². The summed E-state index contributed by atoms with van der Waals surface area (Å²) in [7, 11) is 0. The zero-order valence-corrected chi connectivity index (χ0v) is 15.9. The molecule has 0 aliphatic carbocycles. The lowest BCUT2D eigenvalue weighted by Gasteiger charge is -2.22. The molecule has 152 valence electrons. The second kappa shape index (κ2) is 7.83. The molecule has 0 unspecified atom stereocenters. The Bertz CT molecular complexity index is 775. The van der Waals surface area contributed by atoms with Crippen molar-refractivity contribution in [3.8, 4) is 5.75 Å². The summed E-state index contributed by atoms with van der Waals surface area (Å²) in [5.41, 5.74) is 0.634. The van der Waals surface area contributed by atoms with Crippen LogP contribution < -0.4 is 20.7 Å². The lowest BCUT2D eigenvalue weighted by molar-refractivity contribution is -0.118. The molecular weight excluding hydrogens is 370 g/mol. The average Bonchev–Trinajstić information content (AvgIpc) is 2.96. The van der Waals surface area contributed by atoms with Crippen molar-refractivity contribution in [3.05, 3.63) is 18.2 Å². The maximum atomic E-state index is 11.8. The van der Waals surface area contributed by atoms with Gasteiger partial charge in [0.1, 0.15) is 11.4 Å². The first-order valence-electron chi connectivity index (χ1n) is 8.84. The van der Waals surface area contributed by atoms with Crippen LogP contribution in [0.3, 0.4) is 0 Å². The summed E-state index contributed by atoms with van der Waals surface area (Å²) in [6.07, 6.45) is -2.67. The Morgan fingerprint density at radius 2 is 1.93 bits per heavy atom. The largest absolute Gasteiger partial charge is 0.509 e. The lowest BCUT2D eigenvalue weighted by Crippen LogP contribution is -2.42. The van der Waals surface area contributed by atoms with Crippen LogP contribution in [0.1, 0.15) is 20.8 Å². The predicted molar refractivity (Wildman–Crippen MR) is 98.4 cm³/mol. The number of nitrogens with one attached hydrogen (secondary N) is 3. The maximum Gasteiger partial charge on any atom is 0.509 e. The number of alkyl carbamates (subject to hydrolysis) is 1. The zero-order valence-electron chi connectivity index (χ0n) is 15.9. The van der Waals surface area contributed by atoms with E-state index in [2.05, 4.69) is 16.0 Å². The molecule has 1 saturated heterocycles. The van der Waals surface area contributed by atoms with E-state index in [1.54, 1.807) is 39.0 Å². The Morgan fingerprint density at radius 1 is 1.21 bits per heavy atom. The van der Waals surface area contributed by atoms with Gasteiger partial charge in [-0.2, -0.15) is 0 Å².